The normalized spacial score (nSPS) is 16.5. The van der Waals surface area contributed by atoms with E-state index in [0.717, 1.165) is 30.8 Å². The average molecular weight is 460 g/mol. The van der Waals surface area contributed by atoms with Crippen molar-refractivity contribution in [3.63, 3.8) is 0 Å². The highest BCUT2D eigenvalue weighted by molar-refractivity contribution is 7.71. The van der Waals surface area contributed by atoms with Crippen LogP contribution in [-0.2, 0) is 11.5 Å². The maximum absolute atomic E-state index is 12.8. The molecule has 3 heterocycles. The number of carbonyl (C=O) groups excluding carboxylic acids is 1. The van der Waals surface area contributed by atoms with E-state index in [0.29, 0.717) is 29.6 Å². The molecule has 33 heavy (non-hydrogen) atoms. The molecule has 1 amide bonds. The van der Waals surface area contributed by atoms with Crippen molar-refractivity contribution in [2.75, 3.05) is 18.4 Å². The Hall–Kier alpha value is -3.49. The number of piperidine rings is 1. The van der Waals surface area contributed by atoms with Gasteiger partial charge in [0.05, 0.1) is 24.5 Å². The number of likely N-dealkylation sites (tertiary alicyclic amines) is 1. The third-order valence-electron chi connectivity index (χ3n) is 5.85. The molecule has 168 valence electrons. The molecule has 1 aliphatic heterocycles. The van der Waals surface area contributed by atoms with Crippen molar-refractivity contribution in [3.05, 3.63) is 83.8 Å². The summed E-state index contributed by atoms with van der Waals surface area (Å²) in [6.07, 6.45) is 3.45. The lowest BCUT2D eigenvalue weighted by Crippen LogP contribution is -2.41. The molecule has 1 aliphatic rings. The number of carbonyl (C=O) groups is 1. The molecular formula is C25H25N5O2S. The van der Waals surface area contributed by atoms with Crippen molar-refractivity contribution in [2.24, 2.45) is 5.92 Å². The van der Waals surface area contributed by atoms with Crippen molar-refractivity contribution in [1.82, 2.24) is 19.2 Å². The molecule has 0 aliphatic carbocycles. The first kappa shape index (κ1) is 21.4. The molecule has 4 aromatic rings. The molecule has 0 bridgehead atoms. The number of furan rings is 1. The summed E-state index contributed by atoms with van der Waals surface area (Å²) in [6.45, 7) is 2.07. The predicted molar refractivity (Wildman–Crippen MR) is 129 cm³/mol. The predicted octanol–water partition coefficient (Wildman–Crippen LogP) is 4.97. The van der Waals surface area contributed by atoms with E-state index in [1.165, 1.54) is 0 Å². The van der Waals surface area contributed by atoms with Gasteiger partial charge in [0.15, 0.2) is 5.76 Å². The quantitative estimate of drug-likeness (QED) is 0.412. The number of hydrogen-bond acceptors (Lipinski definition) is 5. The summed E-state index contributed by atoms with van der Waals surface area (Å²) in [7, 11) is 0. The number of anilines is 1. The van der Waals surface area contributed by atoms with E-state index < -0.39 is 0 Å². The molecular weight excluding hydrogens is 434 g/mol. The number of nitrogens with one attached hydrogen (secondary N) is 1. The Bertz CT molecular complexity index is 1270. The monoisotopic (exact) mass is 459 g/mol. The SMILES string of the molecule is O=C(Nc1ccccc1)C1CCCN(Cn2nc(-c3ccco3)n(-c3ccccc3)c2=S)C1. The zero-order valence-corrected chi connectivity index (χ0v) is 18.9. The molecule has 0 saturated carbocycles. The van der Waals surface area contributed by atoms with Gasteiger partial charge in [-0.05, 0) is 68.0 Å². The Balaban J connectivity index is 1.37. The number of hydrogen-bond donors (Lipinski definition) is 1. The highest BCUT2D eigenvalue weighted by Gasteiger charge is 2.27. The molecule has 5 rings (SSSR count). The van der Waals surface area contributed by atoms with Crippen molar-refractivity contribution in [1.29, 1.82) is 0 Å². The van der Waals surface area contributed by atoms with Gasteiger partial charge >= 0.3 is 0 Å². The number of rotatable bonds is 6. The molecule has 2 aromatic carbocycles. The third kappa shape index (κ3) is 4.67. The van der Waals surface area contributed by atoms with E-state index in [-0.39, 0.29) is 11.8 Å². The number of para-hydroxylation sites is 2. The van der Waals surface area contributed by atoms with Gasteiger partial charge in [-0.25, -0.2) is 4.68 Å². The van der Waals surface area contributed by atoms with Crippen LogP contribution in [0.2, 0.25) is 0 Å². The van der Waals surface area contributed by atoms with Crippen molar-refractivity contribution in [2.45, 2.75) is 19.5 Å². The minimum Gasteiger partial charge on any atom is -0.461 e. The summed E-state index contributed by atoms with van der Waals surface area (Å²) in [6, 6.07) is 23.2. The molecule has 1 atom stereocenters. The highest BCUT2D eigenvalue weighted by Crippen LogP contribution is 2.24. The maximum atomic E-state index is 12.8. The number of benzene rings is 2. The van der Waals surface area contributed by atoms with Crippen LogP contribution in [0.3, 0.4) is 0 Å². The van der Waals surface area contributed by atoms with E-state index in [4.69, 9.17) is 21.7 Å². The number of aromatic nitrogens is 3. The van der Waals surface area contributed by atoms with Crippen LogP contribution in [0.5, 0.6) is 0 Å². The van der Waals surface area contributed by atoms with E-state index in [1.807, 2.05) is 82.0 Å². The highest BCUT2D eigenvalue weighted by atomic mass is 32.1. The second-order valence-corrected chi connectivity index (χ2v) is 8.53. The third-order valence-corrected chi connectivity index (χ3v) is 6.24. The Morgan fingerprint density at radius 1 is 1.06 bits per heavy atom. The molecule has 1 fully saturated rings. The largest absolute Gasteiger partial charge is 0.461 e. The van der Waals surface area contributed by atoms with E-state index in [1.54, 1.807) is 6.26 Å². The fourth-order valence-corrected chi connectivity index (χ4v) is 4.52. The summed E-state index contributed by atoms with van der Waals surface area (Å²) in [5.41, 5.74) is 1.76. The van der Waals surface area contributed by atoms with Crippen LogP contribution in [0, 0.1) is 10.7 Å². The smallest absolute Gasteiger partial charge is 0.228 e. The average Bonchev–Trinajstić information content (AvgIpc) is 3.49. The molecule has 8 heteroatoms. The van der Waals surface area contributed by atoms with E-state index in [9.17, 15) is 4.79 Å². The molecule has 0 spiro atoms. The van der Waals surface area contributed by atoms with E-state index in [2.05, 4.69) is 10.2 Å². The number of nitrogens with zero attached hydrogens (tertiary/aromatic N) is 4. The Morgan fingerprint density at radius 2 is 1.82 bits per heavy atom. The fraction of sp³-hybridized carbons (Fsp3) is 0.240. The molecule has 1 saturated heterocycles. The minimum atomic E-state index is -0.0751. The van der Waals surface area contributed by atoms with Crippen molar-refractivity contribution < 1.29 is 9.21 Å². The molecule has 1 N–H and O–H groups in total. The summed E-state index contributed by atoms with van der Waals surface area (Å²) in [5.74, 6) is 1.29. The van der Waals surface area contributed by atoms with Crippen LogP contribution in [0.25, 0.3) is 17.3 Å². The standard InChI is InChI=1S/C25H25N5O2S/c31-24(26-20-10-3-1-4-11-20)19-9-7-15-28(17-19)18-29-25(33)30(21-12-5-2-6-13-21)23(27-29)22-14-8-16-32-22/h1-6,8,10-14,16,19H,7,9,15,17-18H2,(H,26,31). The minimum absolute atomic E-state index is 0.0561. The molecule has 7 nitrogen and oxygen atoms in total. The van der Waals surface area contributed by atoms with Gasteiger partial charge in [-0.15, -0.1) is 5.10 Å². The van der Waals surface area contributed by atoms with Crippen molar-refractivity contribution >= 4 is 23.8 Å². The first-order valence-corrected chi connectivity index (χ1v) is 11.5. The Morgan fingerprint density at radius 3 is 2.55 bits per heavy atom. The Kier molecular flexibility index (Phi) is 6.19. The van der Waals surface area contributed by atoms with Crippen LogP contribution in [-0.4, -0.2) is 38.2 Å². The topological polar surface area (TPSA) is 68.2 Å². The summed E-state index contributed by atoms with van der Waals surface area (Å²) in [5, 5.41) is 7.84. The van der Waals surface area contributed by atoms with Crippen molar-refractivity contribution in [3.8, 4) is 17.3 Å². The second-order valence-electron chi connectivity index (χ2n) is 8.17. The van der Waals surface area contributed by atoms with Gasteiger partial charge in [0.2, 0.25) is 16.5 Å². The molecule has 2 aromatic heterocycles. The fourth-order valence-electron chi connectivity index (χ4n) is 4.23. The van der Waals surface area contributed by atoms with Gasteiger partial charge in [0.25, 0.3) is 0 Å². The van der Waals surface area contributed by atoms with Crippen LogP contribution in [0.1, 0.15) is 12.8 Å². The number of amides is 1. The lowest BCUT2D eigenvalue weighted by Gasteiger charge is -2.31. The first-order chi connectivity index (χ1) is 16.2. The zero-order chi connectivity index (χ0) is 22.6. The molecule has 0 radical (unpaired) electrons. The lowest BCUT2D eigenvalue weighted by atomic mass is 9.97. The van der Waals surface area contributed by atoms with Gasteiger partial charge in [-0.2, -0.15) is 0 Å². The first-order valence-electron chi connectivity index (χ1n) is 11.1. The van der Waals surface area contributed by atoms with Gasteiger partial charge in [-0.3, -0.25) is 14.3 Å². The Labute approximate surface area is 197 Å². The maximum Gasteiger partial charge on any atom is 0.228 e. The van der Waals surface area contributed by atoms with Crippen LogP contribution < -0.4 is 5.32 Å². The lowest BCUT2D eigenvalue weighted by molar-refractivity contribution is -0.121. The van der Waals surface area contributed by atoms with Crippen LogP contribution in [0.4, 0.5) is 5.69 Å². The van der Waals surface area contributed by atoms with Gasteiger partial charge in [-0.1, -0.05) is 36.4 Å². The summed E-state index contributed by atoms with van der Waals surface area (Å²) in [4.78, 5) is 15.1. The van der Waals surface area contributed by atoms with Gasteiger partial charge in [0.1, 0.15) is 0 Å². The molecule has 1 unspecified atom stereocenters. The second kappa shape index (κ2) is 9.56. The van der Waals surface area contributed by atoms with Crippen LogP contribution in [0.15, 0.2) is 83.5 Å². The van der Waals surface area contributed by atoms with Crippen LogP contribution >= 0.6 is 12.2 Å². The van der Waals surface area contributed by atoms with E-state index >= 15 is 0 Å². The van der Waals surface area contributed by atoms with Gasteiger partial charge in [0, 0.05) is 12.2 Å². The summed E-state index contributed by atoms with van der Waals surface area (Å²) < 4.78 is 9.97. The van der Waals surface area contributed by atoms with Gasteiger partial charge < -0.3 is 9.73 Å². The zero-order valence-electron chi connectivity index (χ0n) is 18.1. The summed E-state index contributed by atoms with van der Waals surface area (Å²) >= 11 is 5.82.